The third-order valence-electron chi connectivity index (χ3n) is 4.26. The summed E-state index contributed by atoms with van der Waals surface area (Å²) in [6.07, 6.45) is 0.407. The van der Waals surface area contributed by atoms with Crippen molar-refractivity contribution in [1.29, 1.82) is 0 Å². The van der Waals surface area contributed by atoms with Gasteiger partial charge >= 0.3 is 0 Å². The molecule has 1 heterocycles. The lowest BCUT2D eigenvalue weighted by molar-refractivity contribution is -0.131. The molecule has 0 fully saturated rings. The van der Waals surface area contributed by atoms with E-state index in [0.717, 1.165) is 22.0 Å². The lowest BCUT2D eigenvalue weighted by Crippen LogP contribution is -2.35. The molecule has 0 atom stereocenters. The molecule has 3 aromatic rings. The molecule has 0 spiro atoms. The molecule has 0 aliphatic carbocycles. The van der Waals surface area contributed by atoms with Gasteiger partial charge in [-0.25, -0.2) is 4.98 Å². The predicted molar refractivity (Wildman–Crippen MR) is 118 cm³/mol. The van der Waals surface area contributed by atoms with Crippen molar-refractivity contribution < 1.29 is 9.53 Å². The van der Waals surface area contributed by atoms with Crippen molar-refractivity contribution in [2.24, 2.45) is 5.92 Å². The molecule has 0 bridgehead atoms. The number of thiazole rings is 1. The van der Waals surface area contributed by atoms with Crippen LogP contribution in [0.15, 0.2) is 60.0 Å². The topological polar surface area (TPSA) is 42.4 Å². The normalized spacial score (nSPS) is 10.9. The molecule has 0 aliphatic rings. The van der Waals surface area contributed by atoms with Crippen LogP contribution < -0.4 is 4.74 Å². The van der Waals surface area contributed by atoms with E-state index in [0.29, 0.717) is 37.1 Å². The van der Waals surface area contributed by atoms with Crippen molar-refractivity contribution in [2.45, 2.75) is 33.4 Å². The van der Waals surface area contributed by atoms with Gasteiger partial charge in [-0.2, -0.15) is 0 Å². The first-order valence-corrected chi connectivity index (χ1v) is 10.9. The molecule has 1 amide bonds. The number of carbonyl (C=O) groups excluding carboxylic acids is 1. The Morgan fingerprint density at radius 2 is 1.86 bits per heavy atom. The van der Waals surface area contributed by atoms with Gasteiger partial charge in [0.15, 0.2) is 0 Å². The molecule has 4 nitrogen and oxygen atoms in total. The number of nitrogens with zero attached hydrogens (tertiary/aromatic N) is 2. The van der Waals surface area contributed by atoms with Gasteiger partial charge in [-0.15, -0.1) is 11.3 Å². The predicted octanol–water partition coefficient (Wildman–Crippen LogP) is 5.60. The van der Waals surface area contributed by atoms with E-state index in [4.69, 9.17) is 16.3 Å². The van der Waals surface area contributed by atoms with E-state index in [-0.39, 0.29) is 5.91 Å². The molecule has 3 rings (SSSR count). The maximum Gasteiger partial charge on any atom is 0.227 e. The zero-order valence-corrected chi connectivity index (χ0v) is 18.2. The monoisotopic (exact) mass is 428 g/mol. The number of rotatable bonds is 9. The Hall–Kier alpha value is -2.37. The van der Waals surface area contributed by atoms with Gasteiger partial charge in [0, 0.05) is 16.9 Å². The fourth-order valence-electron chi connectivity index (χ4n) is 2.94. The smallest absolute Gasteiger partial charge is 0.227 e. The Bertz CT molecular complexity index is 910. The molecule has 6 heteroatoms. The summed E-state index contributed by atoms with van der Waals surface area (Å²) in [5.74, 6) is 1.27. The number of hydrogen-bond acceptors (Lipinski definition) is 4. The number of ether oxygens (including phenoxy) is 1. The van der Waals surface area contributed by atoms with Crippen molar-refractivity contribution in [1.82, 2.24) is 9.88 Å². The van der Waals surface area contributed by atoms with Crippen molar-refractivity contribution in [3.8, 4) is 5.75 Å². The largest absolute Gasteiger partial charge is 0.486 e. The minimum Gasteiger partial charge on any atom is -0.486 e. The number of benzene rings is 2. The second-order valence-corrected chi connectivity index (χ2v) is 8.68. The van der Waals surface area contributed by atoms with Crippen LogP contribution in [-0.4, -0.2) is 22.3 Å². The van der Waals surface area contributed by atoms with Gasteiger partial charge in [0.1, 0.15) is 17.4 Å². The van der Waals surface area contributed by atoms with Gasteiger partial charge in [0.25, 0.3) is 0 Å². The molecule has 152 valence electrons. The quantitative estimate of drug-likeness (QED) is 0.445. The zero-order chi connectivity index (χ0) is 20.6. The molecular weight excluding hydrogens is 404 g/mol. The summed E-state index contributed by atoms with van der Waals surface area (Å²) in [7, 11) is 0. The van der Waals surface area contributed by atoms with Crippen molar-refractivity contribution in [2.75, 3.05) is 6.54 Å². The number of halogens is 1. The van der Waals surface area contributed by atoms with Crippen LogP contribution in [0.5, 0.6) is 5.75 Å². The van der Waals surface area contributed by atoms with Gasteiger partial charge in [-0.3, -0.25) is 4.79 Å². The first-order chi connectivity index (χ1) is 14.0. The van der Waals surface area contributed by atoms with Gasteiger partial charge in [-0.05, 0) is 35.7 Å². The molecule has 0 N–H and O–H groups in total. The first-order valence-electron chi connectivity index (χ1n) is 9.63. The summed E-state index contributed by atoms with van der Waals surface area (Å²) in [6, 6.07) is 17.1. The van der Waals surface area contributed by atoms with Crippen LogP contribution in [0.25, 0.3) is 0 Å². The fourth-order valence-corrected chi connectivity index (χ4v) is 3.76. The number of carbonyl (C=O) groups is 1. The summed E-state index contributed by atoms with van der Waals surface area (Å²) >= 11 is 7.44. The van der Waals surface area contributed by atoms with Crippen LogP contribution in [0.1, 0.15) is 30.1 Å². The second kappa shape index (κ2) is 10.4. The van der Waals surface area contributed by atoms with Gasteiger partial charge in [0.05, 0.1) is 18.7 Å². The maximum atomic E-state index is 12.9. The Morgan fingerprint density at radius 3 is 2.55 bits per heavy atom. The number of aromatic nitrogens is 1. The highest BCUT2D eigenvalue weighted by molar-refractivity contribution is 7.09. The molecule has 2 aromatic carbocycles. The van der Waals surface area contributed by atoms with Crippen LogP contribution >= 0.6 is 22.9 Å². The van der Waals surface area contributed by atoms with Crippen LogP contribution in [0, 0.1) is 5.92 Å². The molecular formula is C23H25ClN2O2S. The lowest BCUT2D eigenvalue weighted by atomic mass is 10.1. The van der Waals surface area contributed by atoms with Crippen LogP contribution in [0.3, 0.4) is 0 Å². The third kappa shape index (κ3) is 6.87. The van der Waals surface area contributed by atoms with E-state index in [1.807, 2.05) is 52.7 Å². The van der Waals surface area contributed by atoms with E-state index in [2.05, 4.69) is 18.8 Å². The molecule has 0 aliphatic heterocycles. The molecule has 1 aromatic heterocycles. The molecule has 29 heavy (non-hydrogen) atoms. The minimum absolute atomic E-state index is 0.122. The van der Waals surface area contributed by atoms with E-state index < -0.39 is 0 Å². The summed E-state index contributed by atoms with van der Waals surface area (Å²) in [4.78, 5) is 19.4. The van der Waals surface area contributed by atoms with Crippen LogP contribution in [-0.2, 0) is 24.4 Å². The lowest BCUT2D eigenvalue weighted by Gasteiger charge is -2.24. The summed E-state index contributed by atoms with van der Waals surface area (Å²) in [5, 5.41) is 3.57. The van der Waals surface area contributed by atoms with E-state index >= 15 is 0 Å². The zero-order valence-electron chi connectivity index (χ0n) is 16.7. The Labute approximate surface area is 181 Å². The van der Waals surface area contributed by atoms with Crippen molar-refractivity contribution in [3.05, 3.63) is 81.3 Å². The standard InChI is InChI=1S/C23H25ClN2O2S/c1-17(2)13-26(23(27)12-18-6-4-3-5-7-18)14-20-16-29-22(25-20)15-28-21-10-8-19(24)9-11-21/h3-11,16-17H,12-15H2,1-2H3. The second-order valence-electron chi connectivity index (χ2n) is 7.31. The average Bonchev–Trinajstić information content (AvgIpc) is 3.15. The maximum absolute atomic E-state index is 12.9. The van der Waals surface area contributed by atoms with E-state index in [1.54, 1.807) is 23.5 Å². The molecule has 0 saturated carbocycles. The Morgan fingerprint density at radius 1 is 1.14 bits per heavy atom. The SMILES string of the molecule is CC(C)CN(Cc1csc(COc2ccc(Cl)cc2)n1)C(=O)Cc1ccccc1. The summed E-state index contributed by atoms with van der Waals surface area (Å²) < 4.78 is 5.77. The Balaban J connectivity index is 1.60. The van der Waals surface area contributed by atoms with Crippen LogP contribution in [0.4, 0.5) is 0 Å². The molecule has 0 unspecified atom stereocenters. The number of amides is 1. The summed E-state index contributed by atoms with van der Waals surface area (Å²) in [5.41, 5.74) is 1.92. The highest BCUT2D eigenvalue weighted by Gasteiger charge is 2.17. The first kappa shape index (κ1) is 21.3. The van der Waals surface area contributed by atoms with Crippen molar-refractivity contribution >= 4 is 28.8 Å². The average molecular weight is 429 g/mol. The minimum atomic E-state index is 0.122. The highest BCUT2D eigenvalue weighted by Crippen LogP contribution is 2.19. The van der Waals surface area contributed by atoms with Crippen LogP contribution in [0.2, 0.25) is 5.02 Å². The molecule has 0 saturated heterocycles. The van der Waals surface area contributed by atoms with Gasteiger partial charge in [0.2, 0.25) is 5.91 Å². The number of hydrogen-bond donors (Lipinski definition) is 0. The van der Waals surface area contributed by atoms with Crippen molar-refractivity contribution in [3.63, 3.8) is 0 Å². The van der Waals surface area contributed by atoms with Gasteiger partial charge < -0.3 is 9.64 Å². The van der Waals surface area contributed by atoms with Gasteiger partial charge in [-0.1, -0.05) is 55.8 Å². The summed E-state index contributed by atoms with van der Waals surface area (Å²) in [6.45, 7) is 5.86. The van der Waals surface area contributed by atoms with E-state index in [1.165, 1.54) is 0 Å². The van der Waals surface area contributed by atoms with E-state index in [9.17, 15) is 4.79 Å². The fraction of sp³-hybridized carbons (Fsp3) is 0.304. The molecule has 0 radical (unpaired) electrons. The highest BCUT2D eigenvalue weighted by atomic mass is 35.5. The Kier molecular flexibility index (Phi) is 7.67. The third-order valence-corrected chi connectivity index (χ3v) is 5.39.